The minimum atomic E-state index is -0.267. The molecule has 0 aliphatic rings. The number of benzene rings is 2. The largest absolute Gasteiger partial charge is 0.322 e. The van der Waals surface area contributed by atoms with Crippen LogP contribution in [0.5, 0.6) is 0 Å². The molecule has 0 aliphatic carbocycles. The Morgan fingerprint density at radius 3 is 2.31 bits per heavy atom. The Morgan fingerprint density at radius 1 is 0.972 bits per heavy atom. The summed E-state index contributed by atoms with van der Waals surface area (Å²) < 4.78 is 1.91. The lowest BCUT2D eigenvalue weighted by Crippen LogP contribution is -2.37. The van der Waals surface area contributed by atoms with Gasteiger partial charge in [-0.1, -0.05) is 49.7 Å². The summed E-state index contributed by atoms with van der Waals surface area (Å²) in [6, 6.07) is 14.7. The molecule has 4 aromatic rings. The fraction of sp³-hybridized carbons (Fsp3) is 0.448. The van der Waals surface area contributed by atoms with Gasteiger partial charge in [0.15, 0.2) is 5.82 Å². The molecule has 1 N–H and O–H groups in total. The summed E-state index contributed by atoms with van der Waals surface area (Å²) in [5, 5.41) is 14.0. The fourth-order valence-electron chi connectivity index (χ4n) is 4.97. The van der Waals surface area contributed by atoms with Crippen molar-refractivity contribution >= 4 is 10.9 Å². The first-order valence-electron chi connectivity index (χ1n) is 12.7. The van der Waals surface area contributed by atoms with Crippen LogP contribution in [0.4, 0.5) is 0 Å². The van der Waals surface area contributed by atoms with Crippen LogP contribution in [0.25, 0.3) is 10.9 Å². The quantitative estimate of drug-likeness (QED) is 0.368. The van der Waals surface area contributed by atoms with E-state index in [2.05, 4.69) is 117 Å². The van der Waals surface area contributed by atoms with Crippen molar-refractivity contribution in [1.82, 2.24) is 30.1 Å². The first-order chi connectivity index (χ1) is 16.9. The molecule has 0 saturated carbocycles. The van der Waals surface area contributed by atoms with E-state index < -0.39 is 0 Å². The monoisotopic (exact) mass is 486 g/mol. The molecule has 1 atom stereocenters. The topological polar surface area (TPSA) is 79.7 Å². The molecular weight excluding hydrogens is 448 g/mol. The van der Waals surface area contributed by atoms with Crippen molar-refractivity contribution in [3.63, 3.8) is 0 Å². The number of nitrogens with one attached hydrogen (secondary N) is 1. The molecule has 0 fully saturated rings. The van der Waals surface area contributed by atoms with E-state index in [0.717, 1.165) is 33.4 Å². The van der Waals surface area contributed by atoms with Gasteiger partial charge in [-0.15, -0.1) is 5.10 Å². The molecule has 0 bridgehead atoms. The van der Waals surface area contributed by atoms with Gasteiger partial charge in [-0.05, 0) is 86.7 Å². The van der Waals surface area contributed by atoms with Crippen molar-refractivity contribution in [3.05, 3.63) is 86.5 Å². The van der Waals surface area contributed by atoms with Crippen LogP contribution in [0.3, 0.4) is 0 Å². The smallest absolute Gasteiger partial charge is 0.252 e. The number of aromatic amines is 1. The van der Waals surface area contributed by atoms with Crippen LogP contribution in [0.15, 0.2) is 47.3 Å². The zero-order valence-electron chi connectivity index (χ0n) is 22.8. The summed E-state index contributed by atoms with van der Waals surface area (Å²) in [4.78, 5) is 18.7. The Balaban J connectivity index is 1.83. The summed E-state index contributed by atoms with van der Waals surface area (Å²) in [6.45, 7) is 18.1. The average Bonchev–Trinajstić information content (AvgIpc) is 3.26. The van der Waals surface area contributed by atoms with Gasteiger partial charge in [0.25, 0.3) is 5.56 Å². The number of aryl methyl sites for hydroxylation is 3. The molecule has 0 aliphatic heterocycles. The van der Waals surface area contributed by atoms with Gasteiger partial charge in [-0.3, -0.25) is 9.69 Å². The zero-order chi connectivity index (χ0) is 26.2. The normalized spacial score (nSPS) is 13.2. The Bertz CT molecular complexity index is 1410. The van der Waals surface area contributed by atoms with Gasteiger partial charge >= 0.3 is 0 Å². The third kappa shape index (κ3) is 5.41. The molecule has 0 saturated heterocycles. The minimum Gasteiger partial charge on any atom is -0.322 e. The molecule has 7 heteroatoms. The highest BCUT2D eigenvalue weighted by atomic mass is 16.1. The molecule has 0 radical (unpaired) electrons. The summed E-state index contributed by atoms with van der Waals surface area (Å²) >= 11 is 0. The second-order valence-electron chi connectivity index (χ2n) is 11.4. The SMILES string of the molecule is Cc1ccc(CN(Cc2cc3c(C)cc(C)cc3[nH]c2=O)[C@H](c2nnnn2C(C)(C)C)C(C)C)cc1. The van der Waals surface area contributed by atoms with E-state index in [1.165, 1.54) is 11.1 Å². The van der Waals surface area contributed by atoms with Crippen LogP contribution >= 0.6 is 0 Å². The van der Waals surface area contributed by atoms with E-state index in [1.54, 1.807) is 0 Å². The van der Waals surface area contributed by atoms with Gasteiger partial charge in [0.1, 0.15) is 0 Å². The van der Waals surface area contributed by atoms with Crippen LogP contribution < -0.4 is 5.56 Å². The number of hydrogen-bond donors (Lipinski definition) is 1. The molecule has 2 aromatic carbocycles. The van der Waals surface area contributed by atoms with Crippen LogP contribution in [0.2, 0.25) is 0 Å². The first-order valence-corrected chi connectivity index (χ1v) is 12.7. The Hall–Kier alpha value is -3.32. The van der Waals surface area contributed by atoms with Gasteiger partial charge in [0, 0.05) is 29.6 Å². The first kappa shape index (κ1) is 25.8. The van der Waals surface area contributed by atoms with E-state index in [-0.39, 0.29) is 23.1 Å². The van der Waals surface area contributed by atoms with E-state index >= 15 is 0 Å². The maximum Gasteiger partial charge on any atom is 0.252 e. The maximum atomic E-state index is 13.3. The molecule has 4 rings (SSSR count). The van der Waals surface area contributed by atoms with Crippen LogP contribution in [-0.2, 0) is 18.6 Å². The van der Waals surface area contributed by atoms with Crippen LogP contribution in [-0.4, -0.2) is 30.1 Å². The summed E-state index contributed by atoms with van der Waals surface area (Å²) in [6.07, 6.45) is 0. The third-order valence-electron chi connectivity index (χ3n) is 6.69. The molecule has 0 unspecified atom stereocenters. The standard InChI is InChI=1S/C29H38N6O/c1-18(2)26(27-31-32-33-35(27)29(6,7)8)34(16-22-11-9-19(3)10-12-22)17-23-15-24-21(5)13-20(4)14-25(24)30-28(23)36/h9-15,18,26H,16-17H2,1-8H3,(H,30,36)/t26-/m0/s1. The Kier molecular flexibility index (Phi) is 7.14. The van der Waals surface area contributed by atoms with E-state index in [0.29, 0.717) is 13.1 Å². The highest BCUT2D eigenvalue weighted by Crippen LogP contribution is 2.32. The molecule has 36 heavy (non-hydrogen) atoms. The second-order valence-corrected chi connectivity index (χ2v) is 11.4. The van der Waals surface area contributed by atoms with Gasteiger partial charge < -0.3 is 4.98 Å². The Labute approximate surface area is 213 Å². The van der Waals surface area contributed by atoms with Crippen molar-refractivity contribution in [1.29, 1.82) is 0 Å². The van der Waals surface area contributed by atoms with Crippen molar-refractivity contribution in [3.8, 4) is 0 Å². The molecular formula is C29H38N6O. The highest BCUT2D eigenvalue weighted by molar-refractivity contribution is 5.83. The summed E-state index contributed by atoms with van der Waals surface area (Å²) in [5.41, 5.74) is 5.99. The predicted octanol–water partition coefficient (Wildman–Crippen LogP) is 5.59. The lowest BCUT2D eigenvalue weighted by Gasteiger charge is -2.35. The lowest BCUT2D eigenvalue weighted by molar-refractivity contribution is 0.119. The molecule has 2 aromatic heterocycles. The molecule has 190 valence electrons. The fourth-order valence-corrected chi connectivity index (χ4v) is 4.97. The van der Waals surface area contributed by atoms with Gasteiger partial charge in [0.2, 0.25) is 0 Å². The van der Waals surface area contributed by atoms with Crippen LogP contribution in [0, 0.1) is 26.7 Å². The number of rotatable bonds is 7. The van der Waals surface area contributed by atoms with E-state index in [4.69, 9.17) is 0 Å². The molecule has 0 amide bonds. The third-order valence-corrected chi connectivity index (χ3v) is 6.69. The predicted molar refractivity (Wildman–Crippen MR) is 145 cm³/mol. The van der Waals surface area contributed by atoms with Gasteiger partial charge in [-0.2, -0.15) is 0 Å². The molecule has 0 spiro atoms. The number of hydrogen-bond acceptors (Lipinski definition) is 5. The average molecular weight is 487 g/mol. The minimum absolute atomic E-state index is 0.0562. The van der Waals surface area contributed by atoms with Crippen LogP contribution in [0.1, 0.15) is 74.3 Å². The summed E-state index contributed by atoms with van der Waals surface area (Å²) in [5.74, 6) is 1.03. The number of fused-ring (bicyclic) bond motifs is 1. The maximum absolute atomic E-state index is 13.3. The van der Waals surface area contributed by atoms with Gasteiger partial charge in [-0.25, -0.2) is 4.68 Å². The highest BCUT2D eigenvalue weighted by Gasteiger charge is 2.33. The number of tetrazole rings is 1. The van der Waals surface area contributed by atoms with Crippen molar-refractivity contribution in [2.45, 2.75) is 80.1 Å². The van der Waals surface area contributed by atoms with Gasteiger partial charge in [0.05, 0.1) is 11.6 Å². The van der Waals surface area contributed by atoms with E-state index in [1.807, 2.05) is 10.7 Å². The number of aromatic nitrogens is 5. The lowest BCUT2D eigenvalue weighted by atomic mass is 9.98. The summed E-state index contributed by atoms with van der Waals surface area (Å²) in [7, 11) is 0. The van der Waals surface area contributed by atoms with Crippen molar-refractivity contribution < 1.29 is 0 Å². The molecule has 7 nitrogen and oxygen atoms in total. The van der Waals surface area contributed by atoms with Crippen molar-refractivity contribution in [2.75, 3.05) is 0 Å². The number of nitrogens with zero attached hydrogens (tertiary/aromatic N) is 5. The van der Waals surface area contributed by atoms with E-state index in [9.17, 15) is 4.79 Å². The van der Waals surface area contributed by atoms with Crippen molar-refractivity contribution in [2.24, 2.45) is 5.92 Å². The number of H-pyrrole nitrogens is 1. The second kappa shape index (κ2) is 9.97. The zero-order valence-corrected chi connectivity index (χ0v) is 22.8. The number of pyridine rings is 1. The molecule has 2 heterocycles. The Morgan fingerprint density at radius 2 is 1.67 bits per heavy atom.